The molecular formula is C17H23FN2O2S. The Kier molecular flexibility index (Phi) is 6.50. The molecule has 0 radical (unpaired) electrons. The molecule has 2 N–H and O–H groups in total. The zero-order valence-electron chi connectivity index (χ0n) is 13.6. The van der Waals surface area contributed by atoms with Crippen molar-refractivity contribution in [2.45, 2.75) is 38.8 Å². The first-order chi connectivity index (χ1) is 11.0. The van der Waals surface area contributed by atoms with Crippen LogP contribution in [0.4, 0.5) is 4.39 Å². The van der Waals surface area contributed by atoms with Gasteiger partial charge in [-0.1, -0.05) is 13.8 Å². The van der Waals surface area contributed by atoms with E-state index in [9.17, 15) is 9.50 Å². The normalized spacial score (nSPS) is 14.0. The van der Waals surface area contributed by atoms with E-state index < -0.39 is 6.10 Å². The highest BCUT2D eigenvalue weighted by Crippen LogP contribution is 2.22. The van der Waals surface area contributed by atoms with E-state index in [1.807, 2.05) is 12.3 Å². The topological polar surface area (TPSA) is 54.4 Å². The number of aliphatic hydroxyl groups is 1. The van der Waals surface area contributed by atoms with Crippen molar-refractivity contribution in [3.05, 3.63) is 46.2 Å². The second kappa shape index (κ2) is 8.38. The predicted octanol–water partition coefficient (Wildman–Crippen LogP) is 3.50. The molecule has 0 aliphatic rings. The second-order valence-electron chi connectivity index (χ2n) is 5.81. The highest BCUT2D eigenvalue weighted by Gasteiger charge is 2.13. The molecule has 6 heteroatoms. The lowest BCUT2D eigenvalue weighted by Gasteiger charge is -2.16. The van der Waals surface area contributed by atoms with Gasteiger partial charge in [0, 0.05) is 23.9 Å². The molecule has 0 fully saturated rings. The molecule has 23 heavy (non-hydrogen) atoms. The summed E-state index contributed by atoms with van der Waals surface area (Å²) in [7, 11) is 0. The Morgan fingerprint density at radius 1 is 1.26 bits per heavy atom. The number of nitrogens with one attached hydrogen (secondary N) is 1. The van der Waals surface area contributed by atoms with E-state index in [0.29, 0.717) is 18.2 Å². The average Bonchev–Trinajstić information content (AvgIpc) is 3.02. The van der Waals surface area contributed by atoms with E-state index in [4.69, 9.17) is 4.74 Å². The van der Waals surface area contributed by atoms with Crippen molar-refractivity contribution in [1.29, 1.82) is 0 Å². The molecule has 0 spiro atoms. The molecule has 0 saturated carbocycles. The van der Waals surface area contributed by atoms with Crippen LogP contribution in [0.3, 0.4) is 0 Å². The maximum atomic E-state index is 12.8. The molecule has 0 aliphatic heterocycles. The van der Waals surface area contributed by atoms with Crippen LogP contribution in [0.25, 0.3) is 0 Å². The molecule has 0 bridgehead atoms. The minimum atomic E-state index is -0.647. The fraction of sp³-hybridized carbons (Fsp3) is 0.471. The third-order valence-electron chi connectivity index (χ3n) is 3.39. The van der Waals surface area contributed by atoms with E-state index in [1.165, 1.54) is 12.1 Å². The fourth-order valence-corrected chi connectivity index (χ4v) is 2.89. The maximum Gasteiger partial charge on any atom is 0.123 e. The van der Waals surface area contributed by atoms with Crippen LogP contribution in [-0.4, -0.2) is 29.3 Å². The highest BCUT2D eigenvalue weighted by molar-refractivity contribution is 7.09. The van der Waals surface area contributed by atoms with Crippen LogP contribution in [0.15, 0.2) is 29.6 Å². The van der Waals surface area contributed by atoms with E-state index in [0.717, 1.165) is 10.7 Å². The summed E-state index contributed by atoms with van der Waals surface area (Å²) in [6.07, 6.45) is -0.647. The Hall–Kier alpha value is -1.50. The first-order valence-corrected chi connectivity index (χ1v) is 8.58. The van der Waals surface area contributed by atoms with Crippen molar-refractivity contribution in [2.75, 3.05) is 13.2 Å². The van der Waals surface area contributed by atoms with Gasteiger partial charge in [0.25, 0.3) is 0 Å². The molecule has 0 unspecified atom stereocenters. The summed E-state index contributed by atoms with van der Waals surface area (Å²) in [4.78, 5) is 4.60. The summed E-state index contributed by atoms with van der Waals surface area (Å²) in [5, 5.41) is 16.4. The molecule has 2 rings (SSSR count). The summed E-state index contributed by atoms with van der Waals surface area (Å²) in [5.74, 6) is 0.660. The second-order valence-corrected chi connectivity index (χ2v) is 6.70. The van der Waals surface area contributed by atoms with Crippen molar-refractivity contribution < 1.29 is 14.2 Å². The Labute approximate surface area is 140 Å². The predicted molar refractivity (Wildman–Crippen MR) is 90.5 cm³/mol. The lowest BCUT2D eigenvalue weighted by Crippen LogP contribution is -2.33. The SMILES string of the molecule is CC(C)c1nc([C@@H](C)NC[C@@H](O)COc2ccc(F)cc2)cs1. The van der Waals surface area contributed by atoms with Crippen LogP contribution >= 0.6 is 11.3 Å². The number of thiazole rings is 1. The largest absolute Gasteiger partial charge is 0.491 e. The summed E-state index contributed by atoms with van der Waals surface area (Å²) >= 11 is 1.66. The van der Waals surface area contributed by atoms with Crippen LogP contribution in [0, 0.1) is 5.82 Å². The molecule has 0 amide bonds. The molecule has 1 heterocycles. The van der Waals surface area contributed by atoms with Crippen LogP contribution in [0.5, 0.6) is 5.75 Å². The number of aliphatic hydroxyl groups excluding tert-OH is 1. The number of benzene rings is 1. The third-order valence-corrected chi connectivity index (χ3v) is 4.56. The van der Waals surface area contributed by atoms with Crippen molar-refractivity contribution in [3.8, 4) is 5.75 Å². The highest BCUT2D eigenvalue weighted by atomic mass is 32.1. The van der Waals surface area contributed by atoms with Gasteiger partial charge < -0.3 is 15.2 Å². The zero-order chi connectivity index (χ0) is 16.8. The number of hydrogen-bond donors (Lipinski definition) is 2. The van der Waals surface area contributed by atoms with Crippen molar-refractivity contribution in [3.63, 3.8) is 0 Å². The summed E-state index contributed by atoms with van der Waals surface area (Å²) in [6, 6.07) is 5.81. The van der Waals surface area contributed by atoms with Gasteiger partial charge in [0.1, 0.15) is 24.3 Å². The Bertz CT molecular complexity index is 601. The van der Waals surface area contributed by atoms with Gasteiger partial charge in [-0.2, -0.15) is 0 Å². The van der Waals surface area contributed by atoms with Crippen LogP contribution in [0.2, 0.25) is 0 Å². The molecule has 1 aromatic carbocycles. The first-order valence-electron chi connectivity index (χ1n) is 7.71. The zero-order valence-corrected chi connectivity index (χ0v) is 14.4. The number of rotatable bonds is 8. The molecule has 0 aliphatic carbocycles. The Morgan fingerprint density at radius 2 is 1.96 bits per heavy atom. The van der Waals surface area contributed by atoms with Gasteiger partial charge in [-0.3, -0.25) is 0 Å². The van der Waals surface area contributed by atoms with Crippen molar-refractivity contribution in [1.82, 2.24) is 10.3 Å². The Morgan fingerprint density at radius 3 is 2.57 bits per heavy atom. The number of ether oxygens (including phenoxy) is 1. The van der Waals surface area contributed by atoms with Gasteiger partial charge in [-0.05, 0) is 31.2 Å². The average molecular weight is 338 g/mol. The molecule has 2 atom stereocenters. The molecule has 4 nitrogen and oxygen atoms in total. The fourth-order valence-electron chi connectivity index (χ4n) is 1.96. The van der Waals surface area contributed by atoms with Crippen LogP contribution < -0.4 is 10.1 Å². The van der Waals surface area contributed by atoms with E-state index >= 15 is 0 Å². The minimum Gasteiger partial charge on any atom is -0.491 e. The van der Waals surface area contributed by atoms with Gasteiger partial charge in [-0.15, -0.1) is 11.3 Å². The quantitative estimate of drug-likeness (QED) is 0.773. The monoisotopic (exact) mass is 338 g/mol. The maximum absolute atomic E-state index is 12.8. The van der Waals surface area contributed by atoms with E-state index in [-0.39, 0.29) is 18.5 Å². The van der Waals surface area contributed by atoms with Gasteiger partial charge in [0.05, 0.1) is 10.7 Å². The molecule has 126 valence electrons. The van der Waals surface area contributed by atoms with Crippen LogP contribution in [-0.2, 0) is 0 Å². The van der Waals surface area contributed by atoms with Crippen LogP contribution in [0.1, 0.15) is 43.4 Å². The van der Waals surface area contributed by atoms with Gasteiger partial charge in [0.15, 0.2) is 0 Å². The Balaban J connectivity index is 1.74. The first kappa shape index (κ1) is 17.8. The minimum absolute atomic E-state index is 0.0687. The standard InChI is InChI=1S/C17H23FN2O2S/c1-11(2)17-20-16(10-23-17)12(3)19-8-14(21)9-22-15-6-4-13(18)5-7-15/h4-7,10-12,14,19,21H,8-9H2,1-3H3/t12-,14-/m1/s1. The number of hydrogen-bond acceptors (Lipinski definition) is 5. The summed E-state index contributed by atoms with van der Waals surface area (Å²) in [5.41, 5.74) is 0.991. The lowest BCUT2D eigenvalue weighted by molar-refractivity contribution is 0.104. The van der Waals surface area contributed by atoms with Gasteiger partial charge >= 0.3 is 0 Å². The van der Waals surface area contributed by atoms with Crippen molar-refractivity contribution in [2.24, 2.45) is 0 Å². The number of halogens is 1. The number of nitrogens with zero attached hydrogens (tertiary/aromatic N) is 1. The molecule has 0 saturated heterocycles. The van der Waals surface area contributed by atoms with E-state index in [2.05, 4.69) is 24.1 Å². The van der Waals surface area contributed by atoms with Gasteiger partial charge in [-0.25, -0.2) is 9.37 Å². The molecular weight excluding hydrogens is 315 g/mol. The molecule has 1 aromatic heterocycles. The number of aromatic nitrogens is 1. The van der Waals surface area contributed by atoms with Gasteiger partial charge in [0.2, 0.25) is 0 Å². The lowest BCUT2D eigenvalue weighted by atomic mass is 10.2. The van der Waals surface area contributed by atoms with E-state index in [1.54, 1.807) is 23.5 Å². The third kappa shape index (κ3) is 5.57. The summed E-state index contributed by atoms with van der Waals surface area (Å²) < 4.78 is 18.2. The summed E-state index contributed by atoms with van der Waals surface area (Å²) in [6.45, 7) is 6.82. The molecule has 2 aromatic rings. The van der Waals surface area contributed by atoms with Crippen molar-refractivity contribution >= 4 is 11.3 Å². The smallest absolute Gasteiger partial charge is 0.123 e.